The van der Waals surface area contributed by atoms with Gasteiger partial charge in [0.15, 0.2) is 5.75 Å². The van der Waals surface area contributed by atoms with E-state index in [1.165, 1.54) is 6.07 Å². The quantitative estimate of drug-likeness (QED) is 0.785. The van der Waals surface area contributed by atoms with Crippen LogP contribution in [0.25, 0.3) is 0 Å². The van der Waals surface area contributed by atoms with Gasteiger partial charge in [-0.05, 0) is 44.0 Å². The molecule has 1 N–H and O–H groups in total. The topological polar surface area (TPSA) is 21.3 Å². The number of benzene rings is 1. The van der Waals surface area contributed by atoms with Gasteiger partial charge >= 0.3 is 6.11 Å². The average molecular weight is 329 g/mol. The van der Waals surface area contributed by atoms with Gasteiger partial charge in [-0.15, -0.1) is 0 Å². The van der Waals surface area contributed by atoms with Crippen LogP contribution in [0.3, 0.4) is 0 Å². The molecule has 14 heavy (non-hydrogen) atoms. The molecule has 0 amide bonds. The fourth-order valence-corrected chi connectivity index (χ4v) is 1.81. The molecule has 0 unspecified atom stereocenters. The number of halogens is 4. The maximum absolute atomic E-state index is 12.8. The summed E-state index contributed by atoms with van der Waals surface area (Å²) in [6, 6.07) is 3.19. The minimum absolute atomic E-state index is 0.149. The Morgan fingerprint density at radius 2 is 1.93 bits per heavy atom. The van der Waals surface area contributed by atoms with Crippen LogP contribution < -0.4 is 10.1 Å². The Morgan fingerprint density at radius 1 is 1.29 bits per heavy atom. The molecule has 1 aliphatic rings. The summed E-state index contributed by atoms with van der Waals surface area (Å²) in [4.78, 5) is 0. The van der Waals surface area contributed by atoms with E-state index in [2.05, 4.69) is 41.9 Å². The molecular formula is C8H5Br2F2NO. The molecule has 0 radical (unpaired) electrons. The predicted molar refractivity (Wildman–Crippen MR) is 55.9 cm³/mol. The number of hydrogen-bond acceptors (Lipinski definition) is 2. The Morgan fingerprint density at radius 3 is 2.64 bits per heavy atom. The largest absolute Gasteiger partial charge is 0.429 e. The Balaban J connectivity index is 2.43. The molecule has 0 fully saturated rings. The minimum atomic E-state index is -3.14. The molecule has 1 aromatic carbocycles. The monoisotopic (exact) mass is 327 g/mol. The molecule has 0 bridgehead atoms. The van der Waals surface area contributed by atoms with Crippen molar-refractivity contribution in [1.82, 2.24) is 0 Å². The molecule has 1 heterocycles. The molecule has 0 aromatic heterocycles. The SMILES string of the molecule is FC1(F)CNc2cc(Br)c(Br)cc2O1. The van der Waals surface area contributed by atoms with Crippen molar-refractivity contribution < 1.29 is 13.5 Å². The summed E-state index contributed by atoms with van der Waals surface area (Å²) in [5, 5.41) is 2.60. The first-order chi connectivity index (χ1) is 6.48. The molecule has 0 atom stereocenters. The zero-order valence-corrected chi connectivity index (χ0v) is 9.95. The number of anilines is 1. The van der Waals surface area contributed by atoms with Crippen molar-refractivity contribution in [2.75, 3.05) is 11.9 Å². The van der Waals surface area contributed by atoms with Crippen LogP contribution in [0.2, 0.25) is 0 Å². The van der Waals surface area contributed by atoms with Crippen LogP contribution in [0.1, 0.15) is 0 Å². The second-order valence-electron chi connectivity index (χ2n) is 2.86. The third kappa shape index (κ3) is 1.86. The molecule has 0 saturated carbocycles. The van der Waals surface area contributed by atoms with Crippen LogP contribution in [-0.4, -0.2) is 12.7 Å². The van der Waals surface area contributed by atoms with Crippen LogP contribution in [-0.2, 0) is 0 Å². The van der Waals surface area contributed by atoms with Gasteiger partial charge in [0, 0.05) is 8.95 Å². The third-order valence-electron chi connectivity index (χ3n) is 1.77. The zero-order valence-electron chi connectivity index (χ0n) is 6.78. The lowest BCUT2D eigenvalue weighted by atomic mass is 10.2. The van der Waals surface area contributed by atoms with Gasteiger partial charge in [-0.3, -0.25) is 0 Å². The van der Waals surface area contributed by atoms with Gasteiger partial charge in [0.2, 0.25) is 0 Å². The number of rotatable bonds is 0. The number of nitrogens with one attached hydrogen (secondary N) is 1. The summed E-state index contributed by atoms with van der Waals surface area (Å²) in [7, 11) is 0. The lowest BCUT2D eigenvalue weighted by Crippen LogP contribution is -2.37. The van der Waals surface area contributed by atoms with E-state index < -0.39 is 12.7 Å². The van der Waals surface area contributed by atoms with Gasteiger partial charge in [-0.2, -0.15) is 8.78 Å². The number of hydrogen-bond donors (Lipinski definition) is 1. The van der Waals surface area contributed by atoms with Crippen LogP contribution in [0.5, 0.6) is 5.75 Å². The van der Waals surface area contributed by atoms with Crippen molar-refractivity contribution in [3.05, 3.63) is 21.1 Å². The Bertz CT molecular complexity index is 384. The molecule has 0 saturated heterocycles. The molecule has 0 spiro atoms. The summed E-state index contributed by atoms with van der Waals surface area (Å²) >= 11 is 6.49. The van der Waals surface area contributed by atoms with E-state index in [1.807, 2.05) is 0 Å². The van der Waals surface area contributed by atoms with Crippen molar-refractivity contribution in [3.8, 4) is 5.75 Å². The number of fused-ring (bicyclic) bond motifs is 1. The van der Waals surface area contributed by atoms with E-state index in [-0.39, 0.29) is 5.75 Å². The van der Waals surface area contributed by atoms with Crippen molar-refractivity contribution in [2.45, 2.75) is 6.11 Å². The van der Waals surface area contributed by atoms with Crippen molar-refractivity contribution >= 4 is 37.5 Å². The normalized spacial score (nSPS) is 18.0. The molecule has 2 rings (SSSR count). The molecule has 1 aliphatic heterocycles. The van der Waals surface area contributed by atoms with Crippen LogP contribution in [0, 0.1) is 0 Å². The van der Waals surface area contributed by atoms with Gasteiger partial charge in [0.1, 0.15) is 6.54 Å². The Hall–Kier alpha value is -0.360. The van der Waals surface area contributed by atoms with Gasteiger partial charge in [-0.1, -0.05) is 0 Å². The van der Waals surface area contributed by atoms with Crippen molar-refractivity contribution in [1.29, 1.82) is 0 Å². The fraction of sp³-hybridized carbons (Fsp3) is 0.250. The van der Waals surface area contributed by atoms with Gasteiger partial charge < -0.3 is 10.1 Å². The summed E-state index contributed by atoms with van der Waals surface area (Å²) in [6.45, 7) is -0.506. The molecule has 2 nitrogen and oxygen atoms in total. The first-order valence-electron chi connectivity index (χ1n) is 3.78. The van der Waals surface area contributed by atoms with Crippen LogP contribution >= 0.6 is 31.9 Å². The average Bonchev–Trinajstić information content (AvgIpc) is 2.07. The van der Waals surface area contributed by atoms with Gasteiger partial charge in [-0.25, -0.2) is 0 Å². The highest BCUT2D eigenvalue weighted by atomic mass is 79.9. The van der Waals surface area contributed by atoms with Crippen molar-refractivity contribution in [2.24, 2.45) is 0 Å². The molecular weight excluding hydrogens is 324 g/mol. The van der Waals surface area contributed by atoms with E-state index in [0.29, 0.717) is 10.2 Å². The minimum Gasteiger partial charge on any atom is -0.429 e. The lowest BCUT2D eigenvalue weighted by molar-refractivity contribution is -0.166. The zero-order chi connectivity index (χ0) is 10.3. The number of ether oxygens (including phenoxy) is 1. The van der Waals surface area contributed by atoms with Gasteiger partial charge in [0.05, 0.1) is 5.69 Å². The van der Waals surface area contributed by atoms with Gasteiger partial charge in [0.25, 0.3) is 0 Å². The second-order valence-corrected chi connectivity index (χ2v) is 4.56. The van der Waals surface area contributed by atoms with Crippen LogP contribution in [0.15, 0.2) is 21.1 Å². The smallest absolute Gasteiger partial charge is 0.415 e. The first kappa shape index (κ1) is 10.2. The maximum Gasteiger partial charge on any atom is 0.415 e. The van der Waals surface area contributed by atoms with E-state index in [4.69, 9.17) is 0 Å². The lowest BCUT2D eigenvalue weighted by Gasteiger charge is -2.26. The molecule has 0 aliphatic carbocycles. The second kappa shape index (κ2) is 3.34. The maximum atomic E-state index is 12.8. The van der Waals surface area contributed by atoms with E-state index in [9.17, 15) is 8.78 Å². The molecule has 6 heteroatoms. The third-order valence-corrected chi connectivity index (χ3v) is 3.61. The summed E-state index contributed by atoms with van der Waals surface area (Å²) in [5.74, 6) is 0.149. The first-order valence-corrected chi connectivity index (χ1v) is 5.36. The van der Waals surface area contributed by atoms with Crippen molar-refractivity contribution in [3.63, 3.8) is 0 Å². The van der Waals surface area contributed by atoms with E-state index >= 15 is 0 Å². The van der Waals surface area contributed by atoms with Crippen LogP contribution in [0.4, 0.5) is 14.5 Å². The Labute approximate surface area is 95.9 Å². The summed E-state index contributed by atoms with van der Waals surface area (Å²) < 4.78 is 31.6. The summed E-state index contributed by atoms with van der Waals surface area (Å²) in [5.41, 5.74) is 0.561. The molecule has 76 valence electrons. The standard InChI is InChI=1S/C8H5Br2F2NO/c9-4-1-6-7(2-5(4)10)14-8(11,12)3-13-6/h1-2,13H,3H2. The summed E-state index contributed by atoms with van der Waals surface area (Å²) in [6.07, 6.45) is -3.14. The van der Waals surface area contributed by atoms with E-state index in [1.54, 1.807) is 6.07 Å². The molecule has 1 aromatic rings. The Kier molecular flexibility index (Phi) is 2.43. The van der Waals surface area contributed by atoms with E-state index in [0.717, 1.165) is 4.47 Å². The fourth-order valence-electron chi connectivity index (χ4n) is 1.15. The highest BCUT2D eigenvalue weighted by Crippen LogP contribution is 2.39. The number of alkyl halides is 2. The highest BCUT2D eigenvalue weighted by Gasteiger charge is 2.36. The predicted octanol–water partition coefficient (Wildman–Crippen LogP) is 3.61. The highest BCUT2D eigenvalue weighted by molar-refractivity contribution is 9.13.